The molecule has 0 saturated heterocycles. The molecule has 1 aliphatic carbocycles. The highest BCUT2D eigenvalue weighted by Gasteiger charge is 2.45. The molecule has 1 aromatic carbocycles. The summed E-state index contributed by atoms with van der Waals surface area (Å²) < 4.78 is 0. The van der Waals surface area contributed by atoms with Crippen LogP contribution in [0.2, 0.25) is 0 Å². The fourth-order valence-corrected chi connectivity index (χ4v) is 4.35. The predicted octanol–water partition coefficient (Wildman–Crippen LogP) is 4.49. The van der Waals surface area contributed by atoms with Gasteiger partial charge < -0.3 is 10.2 Å². The summed E-state index contributed by atoms with van der Waals surface area (Å²) in [6.07, 6.45) is 6.43. The average Bonchev–Trinajstić information content (AvgIpc) is 2.81. The van der Waals surface area contributed by atoms with Crippen molar-refractivity contribution < 1.29 is 9.59 Å². The minimum absolute atomic E-state index is 0.0120. The van der Waals surface area contributed by atoms with Gasteiger partial charge >= 0.3 is 0 Å². The summed E-state index contributed by atoms with van der Waals surface area (Å²) in [7, 11) is 0. The SMILES string of the molecule is CCC(=O)N1c2ccccc2NC2=CC(C)(C)CC(=O)C2C1c1cccnc1. The van der Waals surface area contributed by atoms with Crippen LogP contribution in [-0.4, -0.2) is 16.7 Å². The molecule has 4 rings (SSSR count). The number of pyridine rings is 1. The van der Waals surface area contributed by atoms with Gasteiger partial charge in [-0.15, -0.1) is 0 Å². The number of carbonyl (C=O) groups is 2. The summed E-state index contributed by atoms with van der Waals surface area (Å²) in [5, 5.41) is 3.48. The lowest BCUT2D eigenvalue weighted by Gasteiger charge is -2.39. The standard InChI is InChI=1S/C23H25N3O2/c1-4-20(28)26-18-10-6-5-9-16(18)25-17-12-23(2,3)13-19(27)21(17)22(26)15-8-7-11-24-14-15/h5-12,14,21-22,25H,4,13H2,1-3H3. The second-order valence-electron chi connectivity index (χ2n) is 8.20. The molecular formula is C23H25N3O2. The summed E-state index contributed by atoms with van der Waals surface area (Å²) in [5.74, 6) is -0.312. The second kappa shape index (κ2) is 6.89. The third-order valence-electron chi connectivity index (χ3n) is 5.49. The number of hydrogen-bond donors (Lipinski definition) is 1. The first-order valence-corrected chi connectivity index (χ1v) is 9.75. The van der Waals surface area contributed by atoms with Crippen LogP contribution in [0.1, 0.15) is 45.2 Å². The lowest BCUT2D eigenvalue weighted by atomic mass is 9.72. The van der Waals surface area contributed by atoms with Gasteiger partial charge in [-0.25, -0.2) is 0 Å². The summed E-state index contributed by atoms with van der Waals surface area (Å²) in [5.41, 5.74) is 3.15. The minimum Gasteiger partial charge on any atom is -0.357 e. The van der Waals surface area contributed by atoms with Crippen molar-refractivity contribution in [3.8, 4) is 0 Å². The first-order valence-electron chi connectivity index (χ1n) is 9.75. The Kier molecular flexibility index (Phi) is 4.53. The Morgan fingerprint density at radius 1 is 1.25 bits per heavy atom. The summed E-state index contributed by atoms with van der Waals surface area (Å²) >= 11 is 0. The van der Waals surface area contributed by atoms with Gasteiger partial charge in [0, 0.05) is 30.9 Å². The fraction of sp³-hybridized carbons (Fsp3) is 0.348. The van der Waals surface area contributed by atoms with E-state index in [0.29, 0.717) is 12.8 Å². The molecule has 1 aliphatic heterocycles. The van der Waals surface area contributed by atoms with Crippen molar-refractivity contribution in [2.45, 2.75) is 39.7 Å². The molecule has 5 nitrogen and oxygen atoms in total. The number of benzene rings is 1. The van der Waals surface area contributed by atoms with E-state index in [9.17, 15) is 9.59 Å². The average molecular weight is 375 g/mol. The Labute approximate surface area is 165 Å². The van der Waals surface area contributed by atoms with E-state index in [2.05, 4.69) is 30.2 Å². The number of carbonyl (C=O) groups excluding carboxylic acids is 2. The zero-order chi connectivity index (χ0) is 19.9. The lowest BCUT2D eigenvalue weighted by Crippen LogP contribution is -2.43. The van der Waals surface area contributed by atoms with E-state index in [1.807, 2.05) is 43.3 Å². The second-order valence-corrected chi connectivity index (χ2v) is 8.20. The Bertz CT molecular complexity index is 949. The van der Waals surface area contributed by atoms with Crippen LogP contribution in [0.3, 0.4) is 0 Å². The maximum Gasteiger partial charge on any atom is 0.227 e. The van der Waals surface area contributed by atoms with Gasteiger partial charge in [-0.3, -0.25) is 14.6 Å². The van der Waals surface area contributed by atoms with Gasteiger partial charge in [-0.05, 0) is 29.2 Å². The number of amides is 1. The van der Waals surface area contributed by atoms with Gasteiger partial charge in [0.1, 0.15) is 5.78 Å². The molecule has 2 heterocycles. The summed E-state index contributed by atoms with van der Waals surface area (Å²) in [6.45, 7) is 5.99. The first kappa shape index (κ1) is 18.4. The van der Waals surface area contributed by atoms with E-state index >= 15 is 0 Å². The largest absolute Gasteiger partial charge is 0.357 e. The quantitative estimate of drug-likeness (QED) is 0.840. The molecule has 2 aliphatic rings. The summed E-state index contributed by atoms with van der Waals surface area (Å²) in [4.78, 5) is 32.5. The predicted molar refractivity (Wildman–Crippen MR) is 110 cm³/mol. The first-order chi connectivity index (χ1) is 13.4. The van der Waals surface area contributed by atoms with E-state index in [0.717, 1.165) is 22.6 Å². The number of aromatic nitrogens is 1. The van der Waals surface area contributed by atoms with Crippen LogP contribution < -0.4 is 10.2 Å². The third-order valence-corrected chi connectivity index (χ3v) is 5.49. The number of hydrogen-bond acceptors (Lipinski definition) is 4. The maximum absolute atomic E-state index is 13.3. The highest BCUT2D eigenvalue weighted by atomic mass is 16.2. The van der Waals surface area contributed by atoms with E-state index in [-0.39, 0.29) is 17.1 Å². The molecule has 144 valence electrons. The number of nitrogens with zero attached hydrogens (tertiary/aromatic N) is 2. The lowest BCUT2D eigenvalue weighted by molar-refractivity contribution is -0.125. The van der Waals surface area contributed by atoms with Crippen molar-refractivity contribution in [1.82, 2.24) is 4.98 Å². The molecule has 5 heteroatoms. The summed E-state index contributed by atoms with van der Waals surface area (Å²) in [6, 6.07) is 11.1. The van der Waals surface area contributed by atoms with Gasteiger partial charge in [0.05, 0.1) is 23.3 Å². The molecule has 0 radical (unpaired) electrons. The number of nitrogens with one attached hydrogen (secondary N) is 1. The number of ketones is 1. The molecule has 1 amide bonds. The van der Waals surface area contributed by atoms with Gasteiger partial charge in [0.2, 0.25) is 5.91 Å². The van der Waals surface area contributed by atoms with Crippen LogP contribution in [0, 0.1) is 11.3 Å². The molecular weight excluding hydrogens is 350 g/mol. The van der Waals surface area contributed by atoms with E-state index in [1.165, 1.54) is 0 Å². The van der Waals surface area contributed by atoms with Crippen LogP contribution in [0.25, 0.3) is 0 Å². The molecule has 2 unspecified atom stereocenters. The number of para-hydroxylation sites is 2. The van der Waals surface area contributed by atoms with Crippen molar-refractivity contribution in [2.24, 2.45) is 11.3 Å². The van der Waals surface area contributed by atoms with Crippen molar-refractivity contribution in [3.05, 3.63) is 66.1 Å². The molecule has 28 heavy (non-hydrogen) atoms. The molecule has 1 aromatic heterocycles. The van der Waals surface area contributed by atoms with Crippen molar-refractivity contribution in [1.29, 1.82) is 0 Å². The van der Waals surface area contributed by atoms with E-state index in [4.69, 9.17) is 0 Å². The smallest absolute Gasteiger partial charge is 0.227 e. The van der Waals surface area contributed by atoms with Crippen LogP contribution in [0.4, 0.5) is 11.4 Å². The van der Waals surface area contributed by atoms with Crippen molar-refractivity contribution in [2.75, 3.05) is 10.2 Å². The molecule has 1 N–H and O–H groups in total. The molecule has 0 spiro atoms. The monoisotopic (exact) mass is 375 g/mol. The maximum atomic E-state index is 13.3. The third kappa shape index (κ3) is 3.11. The molecule has 2 atom stereocenters. The number of rotatable bonds is 2. The van der Waals surface area contributed by atoms with E-state index in [1.54, 1.807) is 17.3 Å². The Morgan fingerprint density at radius 2 is 2.04 bits per heavy atom. The number of Topliss-reactive ketones (excluding diaryl/α,β-unsaturated/α-hetero) is 1. The van der Waals surface area contributed by atoms with Gasteiger partial charge in [-0.1, -0.05) is 45.0 Å². The normalized spacial score (nSPS) is 23.0. The Morgan fingerprint density at radius 3 is 2.75 bits per heavy atom. The number of fused-ring (bicyclic) bond motifs is 2. The topological polar surface area (TPSA) is 62.3 Å². The zero-order valence-electron chi connectivity index (χ0n) is 16.5. The fourth-order valence-electron chi connectivity index (χ4n) is 4.35. The van der Waals surface area contributed by atoms with Crippen LogP contribution in [-0.2, 0) is 9.59 Å². The molecule has 2 aromatic rings. The van der Waals surface area contributed by atoms with Crippen LogP contribution in [0.15, 0.2) is 60.6 Å². The number of allylic oxidation sites excluding steroid dienone is 1. The molecule has 0 fully saturated rings. The minimum atomic E-state index is -0.444. The zero-order valence-corrected chi connectivity index (χ0v) is 16.5. The van der Waals surface area contributed by atoms with Crippen LogP contribution in [0.5, 0.6) is 0 Å². The highest BCUT2D eigenvalue weighted by Crippen LogP contribution is 2.48. The van der Waals surface area contributed by atoms with Gasteiger partial charge in [0.25, 0.3) is 0 Å². The van der Waals surface area contributed by atoms with E-state index < -0.39 is 12.0 Å². The van der Waals surface area contributed by atoms with Crippen molar-refractivity contribution in [3.63, 3.8) is 0 Å². The van der Waals surface area contributed by atoms with Crippen molar-refractivity contribution >= 4 is 23.1 Å². The van der Waals surface area contributed by atoms with Crippen LogP contribution >= 0.6 is 0 Å². The van der Waals surface area contributed by atoms with Gasteiger partial charge in [-0.2, -0.15) is 0 Å². The molecule has 0 saturated carbocycles. The highest BCUT2D eigenvalue weighted by molar-refractivity contribution is 6.01. The molecule has 0 bridgehead atoms. The van der Waals surface area contributed by atoms with Gasteiger partial charge in [0.15, 0.2) is 0 Å². The Hall–Kier alpha value is -2.95. The number of anilines is 2. The Balaban J connectivity index is 2.00.